The van der Waals surface area contributed by atoms with E-state index >= 15 is 0 Å². The van der Waals surface area contributed by atoms with Crippen LogP contribution in [0.15, 0.2) is 66.1 Å². The monoisotopic (exact) mass is 189 g/mol. The minimum Gasteiger partial charge on any atom is -0.276 e. The van der Waals surface area contributed by atoms with Gasteiger partial charge in [0.1, 0.15) is 6.26 Å². The maximum atomic E-state index is 4.57. The quantitative estimate of drug-likeness (QED) is 0.548. The van der Waals surface area contributed by atoms with Crippen LogP contribution in [0.1, 0.15) is 0 Å². The molecule has 0 saturated carbocycles. The molecule has 0 aromatic heterocycles. The van der Waals surface area contributed by atoms with E-state index < -0.39 is 0 Å². The first kappa shape index (κ1) is 10.1. The van der Waals surface area contributed by atoms with Crippen LogP contribution in [0.25, 0.3) is 0 Å². The van der Waals surface area contributed by atoms with Gasteiger partial charge in [0.05, 0.1) is 6.21 Å². The van der Waals surface area contributed by atoms with Crippen LogP contribution < -0.4 is 0 Å². The number of hydrogen-bond acceptors (Lipinski definition) is 3. The highest BCUT2D eigenvalue weighted by Crippen LogP contribution is 1.87. The van der Waals surface area contributed by atoms with Crippen molar-refractivity contribution in [3.8, 4) is 0 Å². The molecule has 0 N–H and O–H groups in total. The Hall–Kier alpha value is -2.03. The van der Waals surface area contributed by atoms with E-state index in [9.17, 15) is 0 Å². The fraction of sp³-hybridized carbons (Fsp3) is 0. The average Bonchev–Trinajstić information content (AvgIpc) is 2.22. The van der Waals surface area contributed by atoms with Crippen LogP contribution in [0, 0.1) is 0 Å². The summed E-state index contributed by atoms with van der Waals surface area (Å²) in [5.74, 6) is 0. The third kappa shape index (κ3) is 5.60. The third-order valence-electron chi connectivity index (χ3n) is 1.26. The van der Waals surface area contributed by atoms with E-state index in [-0.39, 0.29) is 0 Å². The van der Waals surface area contributed by atoms with Gasteiger partial charge in [0, 0.05) is 0 Å². The molecule has 0 saturated heterocycles. The highest BCUT2D eigenvalue weighted by atomic mass is 17.3. The minimum atomic E-state index is 1.40. The lowest BCUT2D eigenvalue weighted by molar-refractivity contribution is -0.248. The van der Waals surface area contributed by atoms with Gasteiger partial charge < -0.3 is 0 Å². The van der Waals surface area contributed by atoms with Crippen molar-refractivity contribution < 1.29 is 9.88 Å². The molecule has 14 heavy (non-hydrogen) atoms. The molecule has 1 rings (SSSR count). The molecule has 0 radical (unpaired) electrons. The summed E-state index contributed by atoms with van der Waals surface area (Å²) in [6.07, 6.45) is 19.5. The molecule has 72 valence electrons. The van der Waals surface area contributed by atoms with Gasteiger partial charge in [0.15, 0.2) is 0 Å². The summed E-state index contributed by atoms with van der Waals surface area (Å²) < 4.78 is 0. The van der Waals surface area contributed by atoms with E-state index in [0.717, 1.165) is 0 Å². The Morgan fingerprint density at radius 3 is 1.93 bits per heavy atom. The van der Waals surface area contributed by atoms with Gasteiger partial charge in [0.25, 0.3) is 0 Å². The molecule has 0 amide bonds. The lowest BCUT2D eigenvalue weighted by Crippen LogP contribution is -1.77. The van der Waals surface area contributed by atoms with E-state index in [1.165, 1.54) is 12.5 Å². The Kier molecular flexibility index (Phi) is 5.47. The molecule has 0 atom stereocenters. The highest BCUT2D eigenvalue weighted by Gasteiger charge is 1.72. The molecule has 3 heteroatoms. The lowest BCUT2D eigenvalue weighted by Gasteiger charge is -1.89. The molecule has 0 aromatic rings. The largest absolute Gasteiger partial charge is 0.276 e. The second-order valence-corrected chi connectivity index (χ2v) is 2.29. The summed E-state index contributed by atoms with van der Waals surface area (Å²) in [7, 11) is 0. The summed E-state index contributed by atoms with van der Waals surface area (Å²) in [6, 6.07) is 0. The fourth-order valence-corrected chi connectivity index (χ4v) is 0.686. The summed E-state index contributed by atoms with van der Waals surface area (Å²) in [5.41, 5.74) is 0. The Morgan fingerprint density at radius 2 is 1.21 bits per heavy atom. The van der Waals surface area contributed by atoms with E-state index in [4.69, 9.17) is 0 Å². The van der Waals surface area contributed by atoms with Crippen LogP contribution >= 0.6 is 0 Å². The molecule has 1 aliphatic rings. The van der Waals surface area contributed by atoms with E-state index in [1.807, 2.05) is 42.5 Å². The number of hydrogen-bond donors (Lipinski definition) is 0. The van der Waals surface area contributed by atoms with Crippen molar-refractivity contribution in [3.05, 3.63) is 60.9 Å². The normalized spacial score (nSPS) is 16.0. The van der Waals surface area contributed by atoms with Gasteiger partial charge in [-0.05, 0) is 17.3 Å². The molecular weight excluding hydrogens is 178 g/mol. The SMILES string of the molecule is C1=CC=CC=COON=CC=CC=C1. The highest BCUT2D eigenvalue weighted by molar-refractivity contribution is 5.70. The topological polar surface area (TPSA) is 30.8 Å². The van der Waals surface area contributed by atoms with Crippen molar-refractivity contribution in [1.29, 1.82) is 0 Å². The van der Waals surface area contributed by atoms with Crippen molar-refractivity contribution in [2.45, 2.75) is 0 Å². The van der Waals surface area contributed by atoms with E-state index in [0.29, 0.717) is 0 Å². The van der Waals surface area contributed by atoms with Gasteiger partial charge in [-0.1, -0.05) is 42.5 Å². The summed E-state index contributed by atoms with van der Waals surface area (Å²) in [4.78, 5) is 9.01. The molecule has 0 unspecified atom stereocenters. The minimum absolute atomic E-state index is 1.40. The van der Waals surface area contributed by atoms with Gasteiger partial charge in [-0.3, -0.25) is 4.89 Å². The van der Waals surface area contributed by atoms with E-state index in [2.05, 4.69) is 15.0 Å². The molecule has 1 heterocycles. The van der Waals surface area contributed by atoms with Gasteiger partial charge in [0.2, 0.25) is 0 Å². The Labute approximate surface area is 82.9 Å². The first-order chi connectivity index (χ1) is 7.00. The van der Waals surface area contributed by atoms with Crippen LogP contribution in [-0.2, 0) is 9.88 Å². The zero-order valence-corrected chi connectivity index (χ0v) is 7.61. The fourth-order valence-electron chi connectivity index (χ4n) is 0.686. The first-order valence-corrected chi connectivity index (χ1v) is 4.18. The van der Waals surface area contributed by atoms with Gasteiger partial charge in [-0.25, -0.2) is 0 Å². The molecule has 1 aliphatic heterocycles. The summed E-state index contributed by atoms with van der Waals surface area (Å²) in [6.45, 7) is 0. The summed E-state index contributed by atoms with van der Waals surface area (Å²) >= 11 is 0. The van der Waals surface area contributed by atoms with Gasteiger partial charge >= 0.3 is 0 Å². The molecule has 0 bridgehead atoms. The number of allylic oxidation sites excluding steroid dienone is 9. The maximum absolute atomic E-state index is 4.57. The van der Waals surface area contributed by atoms with Crippen molar-refractivity contribution >= 4 is 6.21 Å². The predicted molar refractivity (Wildman–Crippen MR) is 56.4 cm³/mol. The zero-order valence-electron chi connectivity index (χ0n) is 7.61. The number of rotatable bonds is 0. The number of nitrogens with zero attached hydrogens (tertiary/aromatic N) is 1. The average molecular weight is 189 g/mol. The molecule has 3 nitrogen and oxygen atoms in total. The van der Waals surface area contributed by atoms with Crippen molar-refractivity contribution in [2.75, 3.05) is 0 Å². The van der Waals surface area contributed by atoms with Crippen molar-refractivity contribution in [1.82, 2.24) is 0 Å². The van der Waals surface area contributed by atoms with Crippen LogP contribution in [0.5, 0.6) is 0 Å². The third-order valence-corrected chi connectivity index (χ3v) is 1.26. The van der Waals surface area contributed by atoms with Crippen LogP contribution in [0.3, 0.4) is 0 Å². The predicted octanol–water partition coefficient (Wildman–Crippen LogP) is 2.67. The molecule has 0 aromatic carbocycles. The Morgan fingerprint density at radius 1 is 0.643 bits per heavy atom. The zero-order chi connectivity index (χ0) is 9.90. The van der Waals surface area contributed by atoms with Crippen LogP contribution in [0.2, 0.25) is 0 Å². The van der Waals surface area contributed by atoms with Crippen LogP contribution in [0.4, 0.5) is 0 Å². The van der Waals surface area contributed by atoms with Gasteiger partial charge in [-0.15, -0.1) is 0 Å². The smallest absolute Gasteiger partial charge is 0.145 e. The molecular formula is C11H11NO2. The number of oxime groups is 1. The second kappa shape index (κ2) is 7.61. The molecule has 0 spiro atoms. The van der Waals surface area contributed by atoms with Crippen molar-refractivity contribution in [3.63, 3.8) is 0 Å². The van der Waals surface area contributed by atoms with Crippen molar-refractivity contribution in [2.24, 2.45) is 5.16 Å². The second-order valence-electron chi connectivity index (χ2n) is 2.29. The Balaban J connectivity index is 2.56. The lowest BCUT2D eigenvalue weighted by atomic mass is 10.4. The maximum Gasteiger partial charge on any atom is 0.145 e. The summed E-state index contributed by atoms with van der Waals surface area (Å²) in [5, 5.41) is 3.50. The Bertz CT molecular complexity index is 277. The van der Waals surface area contributed by atoms with Gasteiger partial charge in [-0.2, -0.15) is 4.99 Å². The van der Waals surface area contributed by atoms with Crippen LogP contribution in [-0.4, -0.2) is 6.21 Å². The standard InChI is InChI=1S/C11H11NO2/c1-2-4-6-8-10-12-14-13-11-9-7-5-3-1/h1-11H. The molecule has 0 fully saturated rings. The van der Waals surface area contributed by atoms with E-state index in [1.54, 1.807) is 12.2 Å². The molecule has 0 aliphatic carbocycles. The first-order valence-electron chi connectivity index (χ1n) is 4.18.